The van der Waals surface area contributed by atoms with E-state index in [1.165, 1.54) is 42.4 Å². The smallest absolute Gasteiger partial charge is 0.243 e. The van der Waals surface area contributed by atoms with E-state index >= 15 is 0 Å². The van der Waals surface area contributed by atoms with E-state index in [1.807, 2.05) is 36.0 Å². The van der Waals surface area contributed by atoms with Gasteiger partial charge in [-0.25, -0.2) is 0 Å². The van der Waals surface area contributed by atoms with Gasteiger partial charge in [-0.2, -0.15) is 0 Å². The topological polar surface area (TPSA) is 34.0 Å². The normalized spacial score (nSPS) is 16.6. The zero-order valence-corrected chi connectivity index (χ0v) is 13.4. The number of nitrogens with zero attached hydrogens (tertiary/aromatic N) is 1. The summed E-state index contributed by atoms with van der Waals surface area (Å²) in [6, 6.07) is 10.4. The van der Waals surface area contributed by atoms with Crippen molar-refractivity contribution in [1.82, 2.24) is 9.88 Å². The number of carbonyl (C=O) groups excluding carboxylic acids is 1. The lowest BCUT2D eigenvalue weighted by Crippen LogP contribution is -2.32. The van der Waals surface area contributed by atoms with E-state index in [0.717, 1.165) is 0 Å². The van der Waals surface area contributed by atoms with Gasteiger partial charge in [0.25, 0.3) is 0 Å². The molecule has 0 fully saturated rings. The van der Waals surface area contributed by atoms with Crippen LogP contribution in [0.3, 0.4) is 0 Å². The SMILES string of the molecule is C[C@H](C(=O)N[C@H](C)c1ccc2c(c1)CCCC2)n1cccc1. The van der Waals surface area contributed by atoms with Crippen LogP contribution < -0.4 is 5.32 Å². The summed E-state index contributed by atoms with van der Waals surface area (Å²) in [6.45, 7) is 3.99. The van der Waals surface area contributed by atoms with Crippen molar-refractivity contribution in [2.24, 2.45) is 0 Å². The molecule has 0 radical (unpaired) electrons. The molecule has 0 spiro atoms. The molecule has 0 bridgehead atoms. The van der Waals surface area contributed by atoms with Gasteiger partial charge < -0.3 is 9.88 Å². The van der Waals surface area contributed by atoms with E-state index in [4.69, 9.17) is 0 Å². The number of aryl methyl sites for hydroxylation is 2. The summed E-state index contributed by atoms with van der Waals surface area (Å²) in [5.41, 5.74) is 4.14. The molecule has 2 aromatic rings. The van der Waals surface area contributed by atoms with Crippen LogP contribution in [0.2, 0.25) is 0 Å². The minimum absolute atomic E-state index is 0.0396. The molecular weight excluding hydrogens is 272 g/mol. The van der Waals surface area contributed by atoms with E-state index in [2.05, 4.69) is 30.4 Å². The van der Waals surface area contributed by atoms with Gasteiger partial charge in [0.1, 0.15) is 6.04 Å². The van der Waals surface area contributed by atoms with E-state index in [1.54, 1.807) is 0 Å². The second kappa shape index (κ2) is 6.39. The first-order valence-electron chi connectivity index (χ1n) is 8.19. The molecule has 1 aromatic carbocycles. The van der Waals surface area contributed by atoms with Crippen molar-refractivity contribution in [3.8, 4) is 0 Å². The summed E-state index contributed by atoms with van der Waals surface area (Å²) < 4.78 is 1.93. The minimum Gasteiger partial charge on any atom is -0.348 e. The van der Waals surface area contributed by atoms with Crippen LogP contribution in [0.5, 0.6) is 0 Å². The highest BCUT2D eigenvalue weighted by molar-refractivity contribution is 5.80. The van der Waals surface area contributed by atoms with E-state index in [0.29, 0.717) is 0 Å². The lowest BCUT2D eigenvalue weighted by atomic mass is 9.89. The summed E-state index contributed by atoms with van der Waals surface area (Å²) in [6.07, 6.45) is 8.79. The fourth-order valence-electron chi connectivity index (χ4n) is 3.18. The monoisotopic (exact) mass is 296 g/mol. The Morgan fingerprint density at radius 2 is 1.77 bits per heavy atom. The number of fused-ring (bicyclic) bond motifs is 1. The zero-order chi connectivity index (χ0) is 15.5. The maximum absolute atomic E-state index is 12.4. The fourth-order valence-corrected chi connectivity index (χ4v) is 3.18. The molecule has 1 heterocycles. The van der Waals surface area contributed by atoms with E-state index in [-0.39, 0.29) is 18.0 Å². The third-order valence-electron chi connectivity index (χ3n) is 4.69. The number of amides is 1. The quantitative estimate of drug-likeness (QED) is 0.914. The number of carbonyl (C=O) groups is 1. The van der Waals surface area contributed by atoms with Crippen LogP contribution in [-0.4, -0.2) is 10.5 Å². The maximum atomic E-state index is 12.4. The van der Waals surface area contributed by atoms with Crippen molar-refractivity contribution >= 4 is 5.91 Å². The number of aromatic nitrogens is 1. The number of hydrogen-bond donors (Lipinski definition) is 1. The predicted molar refractivity (Wildman–Crippen MR) is 88.8 cm³/mol. The van der Waals surface area contributed by atoms with Crippen LogP contribution in [0, 0.1) is 0 Å². The predicted octanol–water partition coefficient (Wildman–Crippen LogP) is 3.81. The maximum Gasteiger partial charge on any atom is 0.243 e. The fraction of sp³-hybridized carbons (Fsp3) is 0.421. The Hall–Kier alpha value is -2.03. The van der Waals surface area contributed by atoms with Gasteiger partial charge in [-0.15, -0.1) is 0 Å². The average molecular weight is 296 g/mol. The average Bonchev–Trinajstić information content (AvgIpc) is 3.08. The second-order valence-corrected chi connectivity index (χ2v) is 6.27. The van der Waals surface area contributed by atoms with Gasteiger partial charge in [0, 0.05) is 12.4 Å². The molecule has 0 saturated carbocycles. The highest BCUT2D eigenvalue weighted by Gasteiger charge is 2.18. The van der Waals surface area contributed by atoms with Crippen LogP contribution in [0.1, 0.15) is 55.5 Å². The van der Waals surface area contributed by atoms with Gasteiger partial charge >= 0.3 is 0 Å². The highest BCUT2D eigenvalue weighted by Crippen LogP contribution is 2.25. The first-order valence-corrected chi connectivity index (χ1v) is 8.19. The molecule has 0 unspecified atom stereocenters. The Labute approximate surface area is 132 Å². The van der Waals surface area contributed by atoms with Crippen LogP contribution in [0.15, 0.2) is 42.7 Å². The van der Waals surface area contributed by atoms with Crippen LogP contribution in [0.4, 0.5) is 0 Å². The van der Waals surface area contributed by atoms with E-state index in [9.17, 15) is 4.79 Å². The molecule has 1 aromatic heterocycles. The van der Waals surface area contributed by atoms with Gasteiger partial charge in [0.15, 0.2) is 0 Å². The Balaban J connectivity index is 1.69. The Morgan fingerprint density at radius 1 is 1.09 bits per heavy atom. The highest BCUT2D eigenvalue weighted by atomic mass is 16.2. The first-order chi connectivity index (χ1) is 10.6. The van der Waals surface area contributed by atoms with Crippen LogP contribution in [-0.2, 0) is 17.6 Å². The molecule has 1 aliphatic carbocycles. The minimum atomic E-state index is -0.185. The molecule has 1 amide bonds. The van der Waals surface area contributed by atoms with E-state index < -0.39 is 0 Å². The second-order valence-electron chi connectivity index (χ2n) is 6.27. The van der Waals surface area contributed by atoms with Gasteiger partial charge in [0.2, 0.25) is 5.91 Å². The summed E-state index contributed by atoms with van der Waals surface area (Å²) in [5.74, 6) is 0.0569. The third-order valence-corrected chi connectivity index (χ3v) is 4.69. The van der Waals surface area contributed by atoms with Crippen LogP contribution >= 0.6 is 0 Å². The lowest BCUT2D eigenvalue weighted by Gasteiger charge is -2.22. The van der Waals surface area contributed by atoms with Crippen molar-refractivity contribution in [2.75, 3.05) is 0 Å². The summed E-state index contributed by atoms with van der Waals surface area (Å²) in [7, 11) is 0. The molecule has 2 atom stereocenters. The zero-order valence-electron chi connectivity index (χ0n) is 13.4. The molecular formula is C19H24N2O. The van der Waals surface area contributed by atoms with Gasteiger partial charge in [0.05, 0.1) is 6.04 Å². The number of nitrogens with one attached hydrogen (secondary N) is 1. The first kappa shape index (κ1) is 14.9. The van der Waals surface area contributed by atoms with Crippen molar-refractivity contribution in [1.29, 1.82) is 0 Å². The van der Waals surface area contributed by atoms with Gasteiger partial charge in [-0.3, -0.25) is 4.79 Å². The molecule has 1 N–H and O–H groups in total. The van der Waals surface area contributed by atoms with Crippen molar-refractivity contribution in [2.45, 2.75) is 51.6 Å². The van der Waals surface area contributed by atoms with Crippen molar-refractivity contribution < 1.29 is 4.79 Å². The molecule has 0 saturated heterocycles. The Kier molecular flexibility index (Phi) is 4.32. The standard InChI is InChI=1S/C19H24N2O/c1-14(20-19(22)15(2)21-11-5-6-12-21)17-10-9-16-7-3-4-8-18(16)13-17/h5-6,9-15H,3-4,7-8H2,1-2H3,(H,20,22)/t14-,15-/m1/s1. The van der Waals surface area contributed by atoms with Crippen molar-refractivity contribution in [3.05, 3.63) is 59.4 Å². The van der Waals surface area contributed by atoms with Gasteiger partial charge in [-0.1, -0.05) is 18.2 Å². The summed E-state index contributed by atoms with van der Waals surface area (Å²) >= 11 is 0. The molecule has 3 heteroatoms. The Morgan fingerprint density at radius 3 is 2.50 bits per heavy atom. The van der Waals surface area contributed by atoms with Crippen LogP contribution in [0.25, 0.3) is 0 Å². The summed E-state index contributed by atoms with van der Waals surface area (Å²) in [5, 5.41) is 3.13. The number of rotatable bonds is 4. The lowest BCUT2D eigenvalue weighted by molar-refractivity contribution is -0.124. The molecule has 3 nitrogen and oxygen atoms in total. The molecule has 22 heavy (non-hydrogen) atoms. The molecule has 0 aliphatic heterocycles. The number of benzene rings is 1. The third kappa shape index (κ3) is 3.08. The molecule has 116 valence electrons. The number of hydrogen-bond acceptors (Lipinski definition) is 1. The van der Waals surface area contributed by atoms with Crippen molar-refractivity contribution in [3.63, 3.8) is 0 Å². The van der Waals surface area contributed by atoms with Gasteiger partial charge in [-0.05, 0) is 68.4 Å². The summed E-state index contributed by atoms with van der Waals surface area (Å²) in [4.78, 5) is 12.4. The Bertz CT molecular complexity index is 645. The molecule has 3 rings (SSSR count). The largest absolute Gasteiger partial charge is 0.348 e. The molecule has 1 aliphatic rings.